The first-order valence-electron chi connectivity index (χ1n) is 10.4. The van der Waals surface area contributed by atoms with Gasteiger partial charge in [0.25, 0.3) is 15.9 Å². The highest BCUT2D eigenvalue weighted by molar-refractivity contribution is 7.93. The van der Waals surface area contributed by atoms with Crippen molar-refractivity contribution in [3.8, 4) is 11.5 Å². The van der Waals surface area contributed by atoms with E-state index in [0.29, 0.717) is 18.1 Å². The summed E-state index contributed by atoms with van der Waals surface area (Å²) >= 11 is 0. The fraction of sp³-hybridized carbons (Fsp3) is 0.240. The van der Waals surface area contributed by atoms with Gasteiger partial charge in [-0.2, -0.15) is 4.31 Å². The second-order valence-electron chi connectivity index (χ2n) is 7.15. The molecule has 0 aliphatic carbocycles. The van der Waals surface area contributed by atoms with Gasteiger partial charge < -0.3 is 9.47 Å². The summed E-state index contributed by atoms with van der Waals surface area (Å²) in [7, 11) is -4.15. The van der Waals surface area contributed by atoms with E-state index in [2.05, 4.69) is 0 Å². The Morgan fingerprint density at radius 2 is 1.53 bits per heavy atom. The van der Waals surface area contributed by atoms with Gasteiger partial charge in [0.2, 0.25) is 0 Å². The maximum absolute atomic E-state index is 13.4. The lowest BCUT2D eigenvalue weighted by molar-refractivity contribution is -0.119. The minimum atomic E-state index is -4.15. The highest BCUT2D eigenvalue weighted by Gasteiger charge is 2.31. The first kappa shape index (κ1) is 23.3. The molecular formula is C25H27NO5S. The Morgan fingerprint density at radius 1 is 0.875 bits per heavy atom. The maximum Gasteiger partial charge on any atom is 0.278 e. The molecule has 3 rings (SSSR count). The number of anilines is 1. The molecule has 0 saturated heterocycles. The zero-order valence-corrected chi connectivity index (χ0v) is 19.3. The van der Waals surface area contributed by atoms with Gasteiger partial charge in [0, 0.05) is 0 Å². The lowest BCUT2D eigenvalue weighted by Gasteiger charge is -2.23. The average Bonchev–Trinajstić information content (AvgIpc) is 2.79. The van der Waals surface area contributed by atoms with E-state index < -0.39 is 22.5 Å². The number of hydrogen-bond acceptors (Lipinski definition) is 5. The van der Waals surface area contributed by atoms with Crippen LogP contribution in [0.25, 0.3) is 0 Å². The van der Waals surface area contributed by atoms with Crippen molar-refractivity contribution < 1.29 is 22.7 Å². The number of para-hydroxylation sites is 1. The highest BCUT2D eigenvalue weighted by atomic mass is 32.2. The topological polar surface area (TPSA) is 72.9 Å². The summed E-state index contributed by atoms with van der Waals surface area (Å²) in [6.07, 6.45) is 0.731. The third kappa shape index (κ3) is 5.29. The molecule has 0 N–H and O–H groups in total. The van der Waals surface area contributed by atoms with Crippen molar-refractivity contribution in [2.75, 3.05) is 17.5 Å². The first-order valence-corrected chi connectivity index (χ1v) is 11.9. The number of amides is 1. The summed E-state index contributed by atoms with van der Waals surface area (Å²) in [6, 6.07) is 20.1. The van der Waals surface area contributed by atoms with Crippen LogP contribution in [0.1, 0.15) is 25.0 Å². The molecule has 0 saturated carbocycles. The van der Waals surface area contributed by atoms with Crippen LogP contribution in [0.3, 0.4) is 0 Å². The van der Waals surface area contributed by atoms with E-state index in [1.807, 2.05) is 39.0 Å². The summed E-state index contributed by atoms with van der Waals surface area (Å²) in [4.78, 5) is 13.2. The van der Waals surface area contributed by atoms with Crippen LogP contribution < -0.4 is 13.8 Å². The molecule has 0 fully saturated rings. The third-order valence-corrected chi connectivity index (χ3v) is 6.64. The van der Waals surface area contributed by atoms with Crippen LogP contribution in [-0.4, -0.2) is 27.5 Å². The summed E-state index contributed by atoms with van der Waals surface area (Å²) in [5.74, 6) is 0.452. The summed E-state index contributed by atoms with van der Waals surface area (Å²) in [5, 5.41) is 0. The maximum atomic E-state index is 13.4. The van der Waals surface area contributed by atoms with Gasteiger partial charge in [-0.15, -0.1) is 0 Å². The van der Waals surface area contributed by atoms with Crippen molar-refractivity contribution >= 4 is 21.6 Å². The molecule has 0 spiro atoms. The van der Waals surface area contributed by atoms with Crippen LogP contribution in [0.15, 0.2) is 77.7 Å². The number of rotatable bonds is 9. The normalized spacial score (nSPS) is 11.1. The molecule has 0 radical (unpaired) electrons. The zero-order chi connectivity index (χ0) is 23.1. The molecule has 0 atom stereocenters. The van der Waals surface area contributed by atoms with Gasteiger partial charge >= 0.3 is 0 Å². The van der Waals surface area contributed by atoms with Gasteiger partial charge in [0.1, 0.15) is 11.5 Å². The van der Waals surface area contributed by atoms with E-state index in [1.54, 1.807) is 42.5 Å². The van der Waals surface area contributed by atoms with Crippen molar-refractivity contribution in [3.05, 3.63) is 83.9 Å². The minimum absolute atomic E-state index is 0.0271. The number of carbonyl (C=O) groups is 1. The van der Waals surface area contributed by atoms with Crippen LogP contribution in [0.4, 0.5) is 5.69 Å². The number of benzene rings is 3. The standard InChI is InChI=1S/C25H27NO5S/c1-4-20-8-6-7-9-24(20)31-18-25(27)26(21-12-14-22(15-13-21)30-5-2)32(28,29)23-16-10-19(3)11-17-23/h6-17H,4-5,18H2,1-3H3. The third-order valence-electron chi connectivity index (χ3n) is 4.87. The molecule has 32 heavy (non-hydrogen) atoms. The SMILES string of the molecule is CCOc1ccc(N(C(=O)COc2ccccc2CC)S(=O)(=O)c2ccc(C)cc2)cc1. The van der Waals surface area contributed by atoms with E-state index in [9.17, 15) is 13.2 Å². The predicted octanol–water partition coefficient (Wildman–Crippen LogP) is 4.76. The minimum Gasteiger partial charge on any atom is -0.494 e. The first-order chi connectivity index (χ1) is 15.4. The second-order valence-corrected chi connectivity index (χ2v) is 8.94. The molecule has 6 nitrogen and oxygen atoms in total. The molecule has 168 valence electrons. The van der Waals surface area contributed by atoms with E-state index in [4.69, 9.17) is 9.47 Å². The van der Waals surface area contributed by atoms with E-state index in [0.717, 1.165) is 21.9 Å². The quantitative estimate of drug-likeness (QED) is 0.467. The highest BCUT2D eigenvalue weighted by Crippen LogP contribution is 2.27. The molecule has 3 aromatic carbocycles. The van der Waals surface area contributed by atoms with Crippen LogP contribution >= 0.6 is 0 Å². The molecule has 0 heterocycles. The zero-order valence-electron chi connectivity index (χ0n) is 18.4. The monoisotopic (exact) mass is 453 g/mol. The Hall–Kier alpha value is -3.32. The van der Waals surface area contributed by atoms with Gasteiger partial charge in [0.15, 0.2) is 6.61 Å². The van der Waals surface area contributed by atoms with Crippen molar-refractivity contribution in [1.82, 2.24) is 0 Å². The van der Waals surface area contributed by atoms with Crippen molar-refractivity contribution in [2.45, 2.75) is 32.1 Å². The number of aryl methyl sites for hydroxylation is 2. The lowest BCUT2D eigenvalue weighted by Crippen LogP contribution is -2.40. The lowest BCUT2D eigenvalue weighted by atomic mass is 10.1. The van der Waals surface area contributed by atoms with Crippen LogP contribution in [-0.2, 0) is 21.2 Å². The summed E-state index contributed by atoms with van der Waals surface area (Å²) in [5.41, 5.74) is 2.07. The van der Waals surface area contributed by atoms with E-state index >= 15 is 0 Å². The van der Waals surface area contributed by atoms with Crippen molar-refractivity contribution in [1.29, 1.82) is 0 Å². The Morgan fingerprint density at radius 3 is 2.16 bits per heavy atom. The van der Waals surface area contributed by atoms with Crippen LogP contribution in [0.2, 0.25) is 0 Å². The molecule has 0 aliphatic heterocycles. The number of hydrogen-bond donors (Lipinski definition) is 0. The van der Waals surface area contributed by atoms with Crippen molar-refractivity contribution in [3.63, 3.8) is 0 Å². The average molecular weight is 454 g/mol. The number of nitrogens with zero attached hydrogens (tertiary/aromatic N) is 1. The smallest absolute Gasteiger partial charge is 0.278 e. The molecule has 3 aromatic rings. The number of sulfonamides is 1. The van der Waals surface area contributed by atoms with Crippen molar-refractivity contribution in [2.24, 2.45) is 0 Å². The molecule has 0 bridgehead atoms. The van der Waals surface area contributed by atoms with E-state index in [-0.39, 0.29) is 10.6 Å². The van der Waals surface area contributed by atoms with E-state index in [1.165, 1.54) is 12.1 Å². The Bertz CT molecular complexity index is 1160. The Balaban J connectivity index is 1.95. The molecule has 0 unspecified atom stereocenters. The molecule has 7 heteroatoms. The molecule has 0 aromatic heterocycles. The summed E-state index contributed by atoms with van der Waals surface area (Å²) in [6.45, 7) is 5.77. The molecule has 0 aliphatic rings. The molecule has 1 amide bonds. The Kier molecular flexibility index (Phi) is 7.53. The van der Waals surface area contributed by atoms with Gasteiger partial charge in [-0.05, 0) is 68.3 Å². The van der Waals surface area contributed by atoms with Gasteiger partial charge in [-0.25, -0.2) is 8.42 Å². The van der Waals surface area contributed by atoms with Crippen LogP contribution in [0, 0.1) is 6.92 Å². The Labute approximate surface area is 189 Å². The number of carbonyl (C=O) groups excluding carboxylic acids is 1. The van der Waals surface area contributed by atoms with Gasteiger partial charge in [0.05, 0.1) is 17.2 Å². The predicted molar refractivity (Wildman–Crippen MR) is 125 cm³/mol. The van der Waals surface area contributed by atoms with Gasteiger partial charge in [-0.3, -0.25) is 4.79 Å². The summed E-state index contributed by atoms with van der Waals surface area (Å²) < 4.78 is 38.9. The fourth-order valence-corrected chi connectivity index (χ4v) is 4.62. The van der Waals surface area contributed by atoms with Gasteiger partial charge in [-0.1, -0.05) is 42.8 Å². The molecular weight excluding hydrogens is 426 g/mol. The van der Waals surface area contributed by atoms with Crippen LogP contribution in [0.5, 0.6) is 11.5 Å². The largest absolute Gasteiger partial charge is 0.494 e. The second kappa shape index (κ2) is 10.3. The number of ether oxygens (including phenoxy) is 2. The fourth-order valence-electron chi connectivity index (χ4n) is 3.21.